The molecule has 2 aromatic carbocycles. The Morgan fingerprint density at radius 2 is 1.93 bits per heavy atom. The van der Waals surface area contributed by atoms with Crippen LogP contribution in [-0.2, 0) is 4.79 Å². The summed E-state index contributed by atoms with van der Waals surface area (Å²) in [5.74, 6) is 0.371. The summed E-state index contributed by atoms with van der Waals surface area (Å²) >= 11 is 6.92. The number of hydrazone groups is 1. The van der Waals surface area contributed by atoms with Gasteiger partial charge in [-0.2, -0.15) is 5.10 Å². The minimum absolute atomic E-state index is 0.0257. The summed E-state index contributed by atoms with van der Waals surface area (Å²) in [6.45, 7) is 1.40. The molecule has 27 heavy (non-hydrogen) atoms. The van der Waals surface area contributed by atoms with Gasteiger partial charge in [-0.25, -0.2) is 5.01 Å². The summed E-state index contributed by atoms with van der Waals surface area (Å²) in [6, 6.07) is 9.60. The van der Waals surface area contributed by atoms with Crippen molar-refractivity contribution in [2.75, 3.05) is 7.11 Å². The SMILES string of the molecule is COc1c(Br)cc(C2=NN(C(C)=O)C(c3ccccc3[N+](=O)[O-])C2)cc1Br. The molecule has 0 aromatic heterocycles. The standard InChI is InChI=1S/C18H15Br2N3O4/c1-10(24)22-17(12-5-3-4-6-16(12)23(25)26)9-15(21-22)11-7-13(19)18(27-2)14(20)8-11/h3-8,17H,9H2,1-2H3. The average molecular weight is 497 g/mol. The van der Waals surface area contributed by atoms with E-state index in [4.69, 9.17) is 4.74 Å². The number of amides is 1. The molecule has 2 aromatic rings. The van der Waals surface area contributed by atoms with Crippen molar-refractivity contribution in [2.24, 2.45) is 5.10 Å². The number of nitro benzene ring substituents is 1. The Kier molecular flexibility index (Phi) is 5.61. The van der Waals surface area contributed by atoms with Gasteiger partial charge in [0.1, 0.15) is 5.75 Å². The highest BCUT2D eigenvalue weighted by Gasteiger charge is 2.35. The normalized spacial score (nSPS) is 16.2. The van der Waals surface area contributed by atoms with Crippen molar-refractivity contribution in [3.63, 3.8) is 0 Å². The zero-order valence-electron chi connectivity index (χ0n) is 14.5. The van der Waals surface area contributed by atoms with Crippen LogP contribution < -0.4 is 4.74 Å². The van der Waals surface area contributed by atoms with Crippen molar-refractivity contribution in [3.05, 3.63) is 66.6 Å². The summed E-state index contributed by atoms with van der Waals surface area (Å²) in [7, 11) is 1.57. The van der Waals surface area contributed by atoms with Gasteiger partial charge >= 0.3 is 0 Å². The van der Waals surface area contributed by atoms with Gasteiger partial charge in [0.15, 0.2) is 0 Å². The number of hydrogen-bond donors (Lipinski definition) is 0. The molecule has 0 aliphatic carbocycles. The van der Waals surface area contributed by atoms with Crippen LogP contribution in [0.5, 0.6) is 5.75 Å². The second-order valence-corrected chi connectivity index (χ2v) is 7.63. The van der Waals surface area contributed by atoms with Crippen LogP contribution in [0.2, 0.25) is 0 Å². The van der Waals surface area contributed by atoms with Gasteiger partial charge in [0.05, 0.1) is 38.3 Å². The van der Waals surface area contributed by atoms with Gasteiger partial charge in [-0.1, -0.05) is 12.1 Å². The van der Waals surface area contributed by atoms with Gasteiger partial charge in [0.2, 0.25) is 5.91 Å². The molecule has 0 radical (unpaired) electrons. The maximum Gasteiger partial charge on any atom is 0.274 e. The number of methoxy groups -OCH3 is 1. The Hall–Kier alpha value is -2.26. The monoisotopic (exact) mass is 495 g/mol. The van der Waals surface area contributed by atoms with Crippen LogP contribution in [0.15, 0.2) is 50.4 Å². The number of benzene rings is 2. The van der Waals surface area contributed by atoms with Crippen molar-refractivity contribution >= 4 is 49.2 Å². The molecule has 0 spiro atoms. The average Bonchev–Trinajstić information content (AvgIpc) is 3.07. The third kappa shape index (κ3) is 3.74. The van der Waals surface area contributed by atoms with Crippen LogP contribution in [0.25, 0.3) is 0 Å². The quantitative estimate of drug-likeness (QED) is 0.448. The second kappa shape index (κ2) is 7.77. The highest BCUT2D eigenvalue weighted by atomic mass is 79.9. The highest BCUT2D eigenvalue weighted by molar-refractivity contribution is 9.11. The molecule has 0 saturated carbocycles. The number of hydrogen-bond acceptors (Lipinski definition) is 5. The Morgan fingerprint density at radius 1 is 1.30 bits per heavy atom. The highest BCUT2D eigenvalue weighted by Crippen LogP contribution is 2.40. The summed E-state index contributed by atoms with van der Waals surface area (Å²) in [5.41, 5.74) is 1.89. The lowest BCUT2D eigenvalue weighted by Gasteiger charge is -2.20. The van der Waals surface area contributed by atoms with Crippen LogP contribution in [0, 0.1) is 10.1 Å². The van der Waals surface area contributed by atoms with E-state index in [0.717, 1.165) is 14.5 Å². The topological polar surface area (TPSA) is 85.0 Å². The van der Waals surface area contributed by atoms with Crippen LogP contribution in [0.3, 0.4) is 0 Å². The molecule has 3 rings (SSSR count). The molecule has 0 saturated heterocycles. The third-order valence-electron chi connectivity index (χ3n) is 4.26. The number of carbonyl (C=O) groups excluding carboxylic acids is 1. The number of halogens is 2. The first-order chi connectivity index (χ1) is 12.8. The minimum Gasteiger partial charge on any atom is -0.494 e. The van der Waals surface area contributed by atoms with Crippen LogP contribution in [0.4, 0.5) is 5.69 Å². The molecular weight excluding hydrogens is 482 g/mol. The first kappa shape index (κ1) is 19.5. The molecule has 0 bridgehead atoms. The van der Waals surface area contributed by atoms with E-state index < -0.39 is 11.0 Å². The Bertz CT molecular complexity index is 938. The molecule has 9 heteroatoms. The maximum absolute atomic E-state index is 12.1. The van der Waals surface area contributed by atoms with Gasteiger partial charge in [-0.15, -0.1) is 0 Å². The zero-order valence-corrected chi connectivity index (χ0v) is 17.7. The molecule has 1 unspecified atom stereocenters. The number of nitrogens with zero attached hydrogens (tertiary/aromatic N) is 3. The van der Waals surface area contributed by atoms with Gasteiger partial charge in [-0.05, 0) is 50.1 Å². The molecule has 1 heterocycles. The van der Waals surface area contributed by atoms with Gasteiger partial charge in [-0.3, -0.25) is 14.9 Å². The molecule has 1 atom stereocenters. The van der Waals surface area contributed by atoms with Crippen LogP contribution in [0.1, 0.15) is 30.5 Å². The molecule has 1 aliphatic rings. The van der Waals surface area contributed by atoms with E-state index in [2.05, 4.69) is 37.0 Å². The summed E-state index contributed by atoms with van der Waals surface area (Å²) in [5, 5.41) is 17.2. The molecular formula is C18H15Br2N3O4. The predicted octanol–water partition coefficient (Wildman–Crippen LogP) is 4.83. The van der Waals surface area contributed by atoms with Crippen LogP contribution in [-0.4, -0.2) is 28.7 Å². The Balaban J connectivity index is 2.04. The largest absolute Gasteiger partial charge is 0.494 e. The number of ether oxygens (including phenoxy) is 1. The van der Waals surface area contributed by atoms with E-state index in [9.17, 15) is 14.9 Å². The number of rotatable bonds is 4. The fourth-order valence-electron chi connectivity index (χ4n) is 3.07. The van der Waals surface area contributed by atoms with Crippen molar-refractivity contribution in [1.82, 2.24) is 5.01 Å². The summed E-state index contributed by atoms with van der Waals surface area (Å²) in [4.78, 5) is 23.1. The molecule has 140 valence electrons. The second-order valence-electron chi connectivity index (χ2n) is 5.92. The maximum atomic E-state index is 12.1. The van der Waals surface area contributed by atoms with E-state index in [0.29, 0.717) is 23.4 Å². The smallest absolute Gasteiger partial charge is 0.274 e. The summed E-state index contributed by atoms with van der Waals surface area (Å²) in [6.07, 6.45) is 0.371. The zero-order chi connectivity index (χ0) is 19.7. The molecule has 1 amide bonds. The molecule has 0 fully saturated rings. The van der Waals surface area contributed by atoms with E-state index in [1.807, 2.05) is 12.1 Å². The lowest BCUT2D eigenvalue weighted by atomic mass is 9.97. The first-order valence-electron chi connectivity index (χ1n) is 7.97. The fraction of sp³-hybridized carbons (Fsp3) is 0.222. The minimum atomic E-state index is -0.529. The predicted molar refractivity (Wildman–Crippen MR) is 108 cm³/mol. The van der Waals surface area contributed by atoms with Crippen LogP contribution >= 0.6 is 31.9 Å². The van der Waals surface area contributed by atoms with Gasteiger partial charge in [0.25, 0.3) is 5.69 Å². The van der Waals surface area contributed by atoms with Crippen molar-refractivity contribution in [1.29, 1.82) is 0 Å². The van der Waals surface area contributed by atoms with Gasteiger partial charge < -0.3 is 4.74 Å². The first-order valence-corrected chi connectivity index (χ1v) is 9.56. The lowest BCUT2D eigenvalue weighted by Crippen LogP contribution is -2.24. The van der Waals surface area contributed by atoms with Crippen molar-refractivity contribution < 1.29 is 14.5 Å². The van der Waals surface area contributed by atoms with Gasteiger partial charge in [0, 0.05) is 25.0 Å². The Morgan fingerprint density at radius 3 is 2.48 bits per heavy atom. The third-order valence-corrected chi connectivity index (χ3v) is 5.44. The molecule has 7 nitrogen and oxygen atoms in total. The van der Waals surface area contributed by atoms with Crippen molar-refractivity contribution in [3.8, 4) is 5.75 Å². The molecule has 1 aliphatic heterocycles. The molecule has 0 N–H and O–H groups in total. The number of para-hydroxylation sites is 1. The van der Waals surface area contributed by atoms with Crippen molar-refractivity contribution in [2.45, 2.75) is 19.4 Å². The van der Waals surface area contributed by atoms with E-state index >= 15 is 0 Å². The van der Waals surface area contributed by atoms with E-state index in [1.165, 1.54) is 18.0 Å². The van der Waals surface area contributed by atoms with E-state index in [-0.39, 0.29) is 11.6 Å². The lowest BCUT2D eigenvalue weighted by molar-refractivity contribution is -0.385. The number of carbonyl (C=O) groups is 1. The summed E-state index contributed by atoms with van der Waals surface area (Å²) < 4.78 is 6.79. The Labute approximate surface area is 172 Å². The fourth-order valence-corrected chi connectivity index (χ4v) is 4.58. The number of nitro groups is 1. The van der Waals surface area contributed by atoms with E-state index in [1.54, 1.807) is 25.3 Å².